The number of nitrogen functional groups attached to an aromatic ring is 1. The van der Waals surface area contributed by atoms with E-state index in [4.69, 9.17) is 20.3 Å². The molecule has 2 saturated heterocycles. The Balaban J connectivity index is 0.000000707. The molecule has 2 fully saturated rings. The molecule has 4 heterocycles. The summed E-state index contributed by atoms with van der Waals surface area (Å²) in [5, 5.41) is 59.2. The van der Waals surface area contributed by atoms with Crippen LogP contribution < -0.4 is 5.73 Å². The van der Waals surface area contributed by atoms with Gasteiger partial charge in [-0.2, -0.15) is 4.31 Å². The number of imidazole rings is 1. The van der Waals surface area contributed by atoms with Gasteiger partial charge >= 0.3 is 15.6 Å². The summed E-state index contributed by atoms with van der Waals surface area (Å²) < 4.78 is 49.3. The third-order valence-electron chi connectivity index (χ3n) is 7.03. The van der Waals surface area contributed by atoms with E-state index in [2.05, 4.69) is 54.0 Å². The number of ether oxygens (including phenoxy) is 2. The van der Waals surface area contributed by atoms with E-state index in [1.807, 2.05) is 0 Å². The van der Waals surface area contributed by atoms with Crippen LogP contribution >= 0.6 is 15.6 Å². The number of aliphatic hydroxyl groups is 6. The number of rotatable bonds is 12. The van der Waals surface area contributed by atoms with Crippen molar-refractivity contribution in [3.05, 3.63) is 12.7 Å². The van der Waals surface area contributed by atoms with Gasteiger partial charge in [-0.3, -0.25) is 13.6 Å². The molecule has 23 heteroatoms. The summed E-state index contributed by atoms with van der Waals surface area (Å²) in [6.07, 6.45) is -13.3. The summed E-state index contributed by atoms with van der Waals surface area (Å²) in [4.78, 5) is 33.9. The van der Waals surface area contributed by atoms with E-state index in [9.17, 15) is 44.4 Å². The maximum absolute atomic E-state index is 12.3. The Morgan fingerprint density at radius 3 is 2.09 bits per heavy atom. The van der Waals surface area contributed by atoms with Crippen molar-refractivity contribution in [2.24, 2.45) is 0 Å². The molecule has 0 spiro atoms. The van der Waals surface area contributed by atoms with Crippen LogP contribution in [-0.2, 0) is 32.0 Å². The SMILES string of the molecule is CCN(CC)CC.Nc1ncnc2c1ncn2[C@@H]1O[C@H](COP(=O)(O)OP(=O)(O)O[C@@H]2O[C@H](CO)[C@@H](O)[C@H](O)[C@@H]2O)[C@@H](O)[C@H]1O. The largest absolute Gasteiger partial charge is 0.483 e. The van der Waals surface area contributed by atoms with Crippen LogP contribution in [0.5, 0.6) is 0 Å². The number of phosphoric ester groups is 2. The highest BCUT2D eigenvalue weighted by molar-refractivity contribution is 7.61. The summed E-state index contributed by atoms with van der Waals surface area (Å²) in [6.45, 7) is 8.31. The highest BCUT2D eigenvalue weighted by atomic mass is 31.3. The molecule has 11 atom stereocenters. The van der Waals surface area contributed by atoms with Crippen molar-refractivity contribution in [1.82, 2.24) is 24.4 Å². The first-order valence-electron chi connectivity index (χ1n) is 13.8. The van der Waals surface area contributed by atoms with E-state index in [1.165, 1.54) is 30.5 Å². The van der Waals surface area contributed by atoms with Crippen molar-refractivity contribution in [2.45, 2.75) is 76.0 Å². The molecule has 0 amide bonds. The fourth-order valence-electron chi connectivity index (χ4n) is 4.45. The maximum atomic E-state index is 12.3. The molecule has 2 unspecified atom stereocenters. The van der Waals surface area contributed by atoms with Gasteiger partial charge in [0.05, 0.1) is 19.5 Å². The van der Waals surface area contributed by atoms with Crippen LogP contribution in [0.25, 0.3) is 11.2 Å². The molecule has 45 heavy (non-hydrogen) atoms. The van der Waals surface area contributed by atoms with Crippen LogP contribution in [0.2, 0.25) is 0 Å². The van der Waals surface area contributed by atoms with Gasteiger partial charge in [-0.25, -0.2) is 24.1 Å². The van der Waals surface area contributed by atoms with Crippen LogP contribution in [0.4, 0.5) is 5.82 Å². The second-order valence-corrected chi connectivity index (χ2v) is 12.9. The maximum Gasteiger partial charge on any atom is 0.483 e. The van der Waals surface area contributed by atoms with Gasteiger partial charge in [0, 0.05) is 0 Å². The third kappa shape index (κ3) is 9.20. The number of aromatic nitrogens is 4. The zero-order valence-electron chi connectivity index (χ0n) is 24.5. The Morgan fingerprint density at radius 1 is 0.889 bits per heavy atom. The molecule has 21 nitrogen and oxygen atoms in total. The molecule has 2 aliphatic rings. The molecular formula is C22H40N6O15P2. The molecule has 2 aromatic heterocycles. The number of hydrogen-bond acceptors (Lipinski definition) is 18. The van der Waals surface area contributed by atoms with E-state index in [0.717, 1.165) is 6.33 Å². The third-order valence-corrected chi connectivity index (χ3v) is 9.63. The van der Waals surface area contributed by atoms with E-state index in [0.29, 0.717) is 0 Å². The Morgan fingerprint density at radius 2 is 1.51 bits per heavy atom. The van der Waals surface area contributed by atoms with Gasteiger partial charge < -0.3 is 60.5 Å². The van der Waals surface area contributed by atoms with Crippen molar-refractivity contribution in [1.29, 1.82) is 0 Å². The zero-order valence-corrected chi connectivity index (χ0v) is 26.3. The van der Waals surface area contributed by atoms with Crippen molar-refractivity contribution >= 4 is 32.6 Å². The topological polar surface area (TPSA) is 315 Å². The first-order chi connectivity index (χ1) is 21.1. The Bertz CT molecular complexity index is 1330. The summed E-state index contributed by atoms with van der Waals surface area (Å²) in [5.41, 5.74) is 6.05. The van der Waals surface area contributed by atoms with Gasteiger partial charge in [0.25, 0.3) is 0 Å². The summed E-state index contributed by atoms with van der Waals surface area (Å²) in [7, 11) is -11.0. The number of nitrogens with two attached hydrogens (primary N) is 1. The molecule has 0 aliphatic carbocycles. The molecule has 258 valence electrons. The molecule has 0 aromatic carbocycles. The lowest BCUT2D eigenvalue weighted by molar-refractivity contribution is -0.280. The van der Waals surface area contributed by atoms with Gasteiger partial charge in [-0.05, 0) is 19.6 Å². The summed E-state index contributed by atoms with van der Waals surface area (Å²) in [6, 6.07) is 0. The second-order valence-electron chi connectivity index (χ2n) is 9.87. The van der Waals surface area contributed by atoms with Crippen LogP contribution in [0.1, 0.15) is 27.0 Å². The second kappa shape index (κ2) is 15.9. The predicted molar refractivity (Wildman–Crippen MR) is 151 cm³/mol. The Kier molecular flexibility index (Phi) is 13.3. The normalized spacial score (nSPS) is 33.0. The van der Waals surface area contributed by atoms with Gasteiger partial charge in [0.15, 0.2) is 24.0 Å². The Labute approximate surface area is 257 Å². The minimum atomic E-state index is -5.56. The van der Waals surface area contributed by atoms with Gasteiger partial charge in [-0.1, -0.05) is 20.8 Å². The smallest absolute Gasteiger partial charge is 0.394 e. The van der Waals surface area contributed by atoms with Gasteiger partial charge in [-0.15, -0.1) is 0 Å². The first kappa shape index (κ1) is 37.7. The standard InChI is InChI=1S/C16H25N5O15P2.C6H15N/c17-13-7-14(19-3-18-13)21(4-20-7)15-11(26)9(24)6(33-15)2-32-37(28,29)36-38(30,31)35-16-12(27)10(25)8(23)5(1-22)34-16;1-4-7(5-2)6-3/h3-6,8-12,15-16,22-27H,1-2H2,(H,28,29)(H,30,31)(H2,17,18,19);4-6H2,1-3H3/t5-,6-,8-,9-,10+,11-,12+,15-,16+;/m1./s1. The lowest BCUT2D eigenvalue weighted by Gasteiger charge is -2.39. The number of fused-ring (bicyclic) bond motifs is 1. The fourth-order valence-corrected chi connectivity index (χ4v) is 6.61. The monoisotopic (exact) mass is 690 g/mol. The zero-order chi connectivity index (χ0) is 33.7. The summed E-state index contributed by atoms with van der Waals surface area (Å²) in [5.74, 6) is 0.0411. The molecule has 2 aliphatic heterocycles. The molecule has 0 radical (unpaired) electrons. The van der Waals surface area contributed by atoms with E-state index < -0.39 is 84.1 Å². The quantitative estimate of drug-likeness (QED) is 0.103. The minimum absolute atomic E-state index is 0.0411. The minimum Gasteiger partial charge on any atom is -0.394 e. The number of hydrogen-bond donors (Lipinski definition) is 9. The average molecular weight is 691 g/mol. The molecule has 10 N–H and O–H groups in total. The number of nitrogens with zero attached hydrogens (tertiary/aromatic N) is 5. The number of phosphoric acid groups is 2. The number of aliphatic hydroxyl groups excluding tert-OH is 6. The molecular weight excluding hydrogens is 650 g/mol. The van der Waals surface area contributed by atoms with Crippen LogP contribution in [0.3, 0.4) is 0 Å². The highest BCUT2D eigenvalue weighted by Crippen LogP contribution is 2.61. The lowest BCUT2D eigenvalue weighted by atomic mass is 10.00. The van der Waals surface area contributed by atoms with Crippen molar-refractivity contribution in [2.75, 3.05) is 38.6 Å². The predicted octanol–water partition coefficient (Wildman–Crippen LogP) is -2.57. The lowest BCUT2D eigenvalue weighted by Crippen LogP contribution is -2.58. The van der Waals surface area contributed by atoms with E-state index in [-0.39, 0.29) is 17.0 Å². The molecule has 0 bridgehead atoms. The van der Waals surface area contributed by atoms with Crippen molar-refractivity contribution in [3.8, 4) is 0 Å². The van der Waals surface area contributed by atoms with Gasteiger partial charge in [0.2, 0.25) is 0 Å². The fraction of sp³-hybridized carbons (Fsp3) is 0.773. The van der Waals surface area contributed by atoms with Crippen molar-refractivity contribution < 1.29 is 72.4 Å². The summed E-state index contributed by atoms with van der Waals surface area (Å²) >= 11 is 0. The molecule has 0 saturated carbocycles. The van der Waals surface area contributed by atoms with Crippen LogP contribution in [0.15, 0.2) is 12.7 Å². The highest BCUT2D eigenvalue weighted by Gasteiger charge is 2.49. The van der Waals surface area contributed by atoms with Crippen molar-refractivity contribution in [3.63, 3.8) is 0 Å². The van der Waals surface area contributed by atoms with Crippen LogP contribution in [-0.4, -0.2) is 147 Å². The molecule has 2 aromatic rings. The first-order valence-corrected chi connectivity index (χ1v) is 16.8. The number of anilines is 1. The average Bonchev–Trinajstić information content (AvgIpc) is 3.54. The van der Waals surface area contributed by atoms with Crippen LogP contribution in [0, 0.1) is 0 Å². The molecule has 4 rings (SSSR count). The Hall–Kier alpha value is -1.75. The van der Waals surface area contributed by atoms with E-state index >= 15 is 0 Å². The van der Waals surface area contributed by atoms with E-state index in [1.54, 1.807) is 0 Å². The van der Waals surface area contributed by atoms with Gasteiger partial charge in [0.1, 0.15) is 54.6 Å².